The van der Waals surface area contributed by atoms with Gasteiger partial charge in [-0.2, -0.15) is 0 Å². The first kappa shape index (κ1) is 20.3. The SMILES string of the molecule is COc1cc(C(=Nc2ccc(C)cc2)Nc2ccc(C)cc2)cc(OC)c1OC. The maximum absolute atomic E-state index is 5.51. The van der Waals surface area contributed by atoms with E-state index in [0.29, 0.717) is 23.1 Å². The van der Waals surface area contributed by atoms with E-state index in [-0.39, 0.29) is 0 Å². The fourth-order valence-corrected chi connectivity index (χ4v) is 2.90. The van der Waals surface area contributed by atoms with Crippen LogP contribution in [0, 0.1) is 13.8 Å². The molecule has 0 bridgehead atoms. The van der Waals surface area contributed by atoms with Crippen LogP contribution in [0.1, 0.15) is 16.7 Å². The summed E-state index contributed by atoms with van der Waals surface area (Å²) in [4.78, 5) is 4.85. The molecule has 0 radical (unpaired) electrons. The highest BCUT2D eigenvalue weighted by molar-refractivity contribution is 6.10. The van der Waals surface area contributed by atoms with Crippen molar-refractivity contribution in [2.75, 3.05) is 26.6 Å². The molecule has 150 valence electrons. The fraction of sp³-hybridized carbons (Fsp3) is 0.208. The van der Waals surface area contributed by atoms with Crippen molar-refractivity contribution in [3.8, 4) is 17.2 Å². The summed E-state index contributed by atoms with van der Waals surface area (Å²) in [5.41, 5.74) is 4.99. The Kier molecular flexibility index (Phi) is 6.39. The molecule has 0 fully saturated rings. The Bertz CT molecular complexity index is 969. The zero-order valence-corrected chi connectivity index (χ0v) is 17.4. The highest BCUT2D eigenvalue weighted by Gasteiger charge is 2.16. The number of rotatable bonds is 6. The maximum Gasteiger partial charge on any atom is 0.203 e. The highest BCUT2D eigenvalue weighted by Crippen LogP contribution is 2.38. The molecule has 0 unspecified atom stereocenters. The summed E-state index contributed by atoms with van der Waals surface area (Å²) in [6.07, 6.45) is 0. The van der Waals surface area contributed by atoms with Crippen molar-refractivity contribution in [1.29, 1.82) is 0 Å². The first-order chi connectivity index (χ1) is 14.0. The first-order valence-electron chi connectivity index (χ1n) is 9.33. The molecular formula is C24H26N2O3. The lowest BCUT2D eigenvalue weighted by molar-refractivity contribution is 0.324. The molecule has 0 amide bonds. The summed E-state index contributed by atoms with van der Waals surface area (Å²) in [5, 5.41) is 3.42. The van der Waals surface area contributed by atoms with Crippen molar-refractivity contribution in [3.63, 3.8) is 0 Å². The summed E-state index contributed by atoms with van der Waals surface area (Å²) in [7, 11) is 4.79. The van der Waals surface area contributed by atoms with Crippen LogP contribution in [0.2, 0.25) is 0 Å². The zero-order valence-electron chi connectivity index (χ0n) is 17.4. The molecule has 1 N–H and O–H groups in total. The van der Waals surface area contributed by atoms with Gasteiger partial charge in [0.15, 0.2) is 11.5 Å². The molecule has 29 heavy (non-hydrogen) atoms. The van der Waals surface area contributed by atoms with Crippen LogP contribution in [-0.2, 0) is 0 Å². The monoisotopic (exact) mass is 390 g/mol. The number of ether oxygens (including phenoxy) is 3. The molecule has 0 aromatic heterocycles. The van der Waals surface area contributed by atoms with Crippen LogP contribution in [0.25, 0.3) is 0 Å². The predicted octanol–water partition coefficient (Wildman–Crippen LogP) is 5.52. The van der Waals surface area contributed by atoms with Gasteiger partial charge in [0.25, 0.3) is 0 Å². The molecule has 5 heteroatoms. The quantitative estimate of drug-likeness (QED) is 0.445. The van der Waals surface area contributed by atoms with Crippen LogP contribution in [-0.4, -0.2) is 27.2 Å². The number of nitrogens with one attached hydrogen (secondary N) is 1. The Morgan fingerprint density at radius 2 is 1.24 bits per heavy atom. The number of hydrogen-bond donors (Lipinski definition) is 1. The molecule has 0 heterocycles. The summed E-state index contributed by atoms with van der Waals surface area (Å²) in [5.74, 6) is 2.37. The molecule has 3 aromatic rings. The van der Waals surface area contributed by atoms with Gasteiger partial charge in [-0.3, -0.25) is 0 Å². The number of hydrogen-bond acceptors (Lipinski definition) is 4. The van der Waals surface area contributed by atoms with Crippen LogP contribution in [0.4, 0.5) is 11.4 Å². The number of nitrogens with zero attached hydrogens (tertiary/aromatic N) is 1. The standard InChI is InChI=1S/C24H26N2O3/c1-16-6-10-19(11-7-16)25-24(26-20-12-8-17(2)9-13-20)18-14-21(27-3)23(29-5)22(15-18)28-4/h6-15H,1-5H3,(H,25,26). The highest BCUT2D eigenvalue weighted by atomic mass is 16.5. The second kappa shape index (κ2) is 9.15. The maximum atomic E-state index is 5.51. The lowest BCUT2D eigenvalue weighted by atomic mass is 10.1. The van der Waals surface area contributed by atoms with Gasteiger partial charge < -0.3 is 19.5 Å². The van der Waals surface area contributed by atoms with Crippen LogP contribution in [0.3, 0.4) is 0 Å². The Morgan fingerprint density at radius 1 is 0.724 bits per heavy atom. The summed E-state index contributed by atoms with van der Waals surface area (Å²) in [6, 6.07) is 20.0. The van der Waals surface area contributed by atoms with Crippen LogP contribution < -0.4 is 19.5 Å². The first-order valence-corrected chi connectivity index (χ1v) is 9.33. The number of methoxy groups -OCH3 is 3. The molecule has 5 nitrogen and oxygen atoms in total. The van der Waals surface area contributed by atoms with E-state index in [1.165, 1.54) is 11.1 Å². The van der Waals surface area contributed by atoms with Crippen LogP contribution in [0.15, 0.2) is 65.7 Å². The molecule has 0 saturated carbocycles. The topological polar surface area (TPSA) is 52.1 Å². The molecule has 0 aliphatic carbocycles. The molecule has 0 saturated heterocycles. The van der Waals surface area contributed by atoms with Gasteiger partial charge in [0.1, 0.15) is 5.84 Å². The number of benzene rings is 3. The zero-order chi connectivity index (χ0) is 20.8. The average molecular weight is 390 g/mol. The molecule has 0 aliphatic heterocycles. The Morgan fingerprint density at radius 3 is 1.72 bits per heavy atom. The third-order valence-electron chi connectivity index (χ3n) is 4.53. The van der Waals surface area contributed by atoms with E-state index in [0.717, 1.165) is 16.9 Å². The molecule has 3 aromatic carbocycles. The van der Waals surface area contributed by atoms with Crippen molar-refractivity contribution >= 4 is 17.2 Å². The van der Waals surface area contributed by atoms with Crippen molar-refractivity contribution in [1.82, 2.24) is 0 Å². The predicted molar refractivity (Wildman–Crippen MR) is 118 cm³/mol. The van der Waals surface area contributed by atoms with Gasteiger partial charge in [-0.05, 0) is 50.2 Å². The number of anilines is 1. The molecule has 0 atom stereocenters. The third-order valence-corrected chi connectivity index (χ3v) is 4.53. The number of aryl methyl sites for hydroxylation is 2. The van der Waals surface area contributed by atoms with E-state index >= 15 is 0 Å². The second-order valence-electron chi connectivity index (χ2n) is 6.70. The van der Waals surface area contributed by atoms with E-state index in [1.807, 2.05) is 48.5 Å². The van der Waals surface area contributed by atoms with Crippen molar-refractivity contribution in [3.05, 3.63) is 77.4 Å². The fourth-order valence-electron chi connectivity index (χ4n) is 2.90. The van der Waals surface area contributed by atoms with Crippen molar-refractivity contribution < 1.29 is 14.2 Å². The molecular weight excluding hydrogens is 364 g/mol. The van der Waals surface area contributed by atoms with Gasteiger partial charge in [0, 0.05) is 11.3 Å². The minimum absolute atomic E-state index is 0.545. The molecule has 0 aliphatic rings. The third kappa shape index (κ3) is 4.88. The minimum atomic E-state index is 0.545. The van der Waals surface area contributed by atoms with E-state index in [4.69, 9.17) is 19.2 Å². The van der Waals surface area contributed by atoms with Gasteiger partial charge in [-0.25, -0.2) is 4.99 Å². The summed E-state index contributed by atoms with van der Waals surface area (Å²) >= 11 is 0. The van der Waals surface area contributed by atoms with Crippen molar-refractivity contribution in [2.24, 2.45) is 4.99 Å². The van der Waals surface area contributed by atoms with Gasteiger partial charge in [0.05, 0.1) is 27.0 Å². The largest absolute Gasteiger partial charge is 0.493 e. The molecule has 3 rings (SSSR count). The van der Waals surface area contributed by atoms with Gasteiger partial charge in [-0.1, -0.05) is 35.4 Å². The smallest absolute Gasteiger partial charge is 0.203 e. The lowest BCUT2D eigenvalue weighted by Gasteiger charge is -2.16. The van der Waals surface area contributed by atoms with Crippen LogP contribution >= 0.6 is 0 Å². The van der Waals surface area contributed by atoms with Gasteiger partial charge in [0.2, 0.25) is 5.75 Å². The normalized spacial score (nSPS) is 11.1. The van der Waals surface area contributed by atoms with Gasteiger partial charge >= 0.3 is 0 Å². The Balaban J connectivity index is 2.11. The van der Waals surface area contributed by atoms with E-state index in [9.17, 15) is 0 Å². The summed E-state index contributed by atoms with van der Waals surface area (Å²) in [6.45, 7) is 4.11. The number of aliphatic imine (C=N–C) groups is 1. The van der Waals surface area contributed by atoms with E-state index in [1.54, 1.807) is 21.3 Å². The molecule has 0 spiro atoms. The Hall–Kier alpha value is -3.47. The van der Waals surface area contributed by atoms with E-state index < -0.39 is 0 Å². The lowest BCUT2D eigenvalue weighted by Crippen LogP contribution is -2.14. The van der Waals surface area contributed by atoms with Gasteiger partial charge in [-0.15, -0.1) is 0 Å². The Labute approximate surface area is 172 Å². The minimum Gasteiger partial charge on any atom is -0.493 e. The van der Waals surface area contributed by atoms with Crippen LogP contribution in [0.5, 0.6) is 17.2 Å². The van der Waals surface area contributed by atoms with E-state index in [2.05, 4.69) is 31.3 Å². The average Bonchev–Trinajstić information content (AvgIpc) is 2.75. The summed E-state index contributed by atoms with van der Waals surface area (Å²) < 4.78 is 16.5. The number of amidine groups is 1. The van der Waals surface area contributed by atoms with Crippen molar-refractivity contribution in [2.45, 2.75) is 13.8 Å². The second-order valence-corrected chi connectivity index (χ2v) is 6.70.